The molecule has 0 bridgehead atoms. The fourth-order valence-corrected chi connectivity index (χ4v) is 5.51. The standard InChI is InChI=1S/C23H23N3O4S2/c1-14-8-10-16-17(12-14)32-21(20(16)22(28)29-2)24-18(27)13-31-23-26-25-19(30-23)11-9-15-6-4-3-5-7-15/h3-7,9,11,14H,8,10,12-13H2,1-2H3,(H,24,27). The van der Waals surface area contributed by atoms with Crippen molar-refractivity contribution in [3.8, 4) is 0 Å². The van der Waals surface area contributed by atoms with Crippen LogP contribution >= 0.6 is 23.1 Å². The van der Waals surface area contributed by atoms with Gasteiger partial charge in [-0.3, -0.25) is 4.79 Å². The van der Waals surface area contributed by atoms with E-state index in [4.69, 9.17) is 9.15 Å². The van der Waals surface area contributed by atoms with Crippen LogP contribution in [0.1, 0.15) is 45.6 Å². The van der Waals surface area contributed by atoms with E-state index in [2.05, 4.69) is 22.4 Å². The Morgan fingerprint density at radius 1 is 1.28 bits per heavy atom. The van der Waals surface area contributed by atoms with Crippen LogP contribution in [0, 0.1) is 5.92 Å². The number of carbonyl (C=O) groups is 2. The predicted octanol–water partition coefficient (Wildman–Crippen LogP) is 4.94. The molecule has 9 heteroatoms. The minimum Gasteiger partial charge on any atom is -0.465 e. The Bertz CT molecular complexity index is 1140. The number of thiophene rings is 1. The van der Waals surface area contributed by atoms with Gasteiger partial charge in [-0.2, -0.15) is 0 Å². The number of nitrogens with zero attached hydrogens (tertiary/aromatic N) is 2. The van der Waals surface area contributed by atoms with Crippen LogP contribution in [-0.2, 0) is 22.4 Å². The fraction of sp³-hybridized carbons (Fsp3) is 0.304. The van der Waals surface area contributed by atoms with E-state index in [9.17, 15) is 9.59 Å². The number of ether oxygens (including phenoxy) is 1. The molecule has 1 aliphatic rings. The fourth-order valence-electron chi connectivity index (χ4n) is 3.52. The summed E-state index contributed by atoms with van der Waals surface area (Å²) in [4.78, 5) is 26.1. The Balaban J connectivity index is 1.38. The number of esters is 1. The van der Waals surface area contributed by atoms with Crippen LogP contribution in [0.4, 0.5) is 5.00 Å². The third-order valence-electron chi connectivity index (χ3n) is 5.12. The van der Waals surface area contributed by atoms with E-state index in [-0.39, 0.29) is 11.7 Å². The van der Waals surface area contributed by atoms with Crippen LogP contribution in [-0.4, -0.2) is 34.9 Å². The van der Waals surface area contributed by atoms with E-state index >= 15 is 0 Å². The Morgan fingerprint density at radius 3 is 2.88 bits per heavy atom. The molecule has 0 fully saturated rings. The molecule has 2 heterocycles. The lowest BCUT2D eigenvalue weighted by Gasteiger charge is -2.18. The highest BCUT2D eigenvalue weighted by Gasteiger charge is 2.28. The summed E-state index contributed by atoms with van der Waals surface area (Å²) in [5.41, 5.74) is 2.52. The van der Waals surface area contributed by atoms with Gasteiger partial charge in [0.05, 0.1) is 18.4 Å². The number of aromatic nitrogens is 2. The molecule has 0 saturated heterocycles. The normalized spacial score (nSPS) is 15.5. The first kappa shape index (κ1) is 22.3. The summed E-state index contributed by atoms with van der Waals surface area (Å²) in [7, 11) is 1.36. The number of anilines is 1. The molecule has 4 rings (SSSR count). The molecular formula is C23H23N3O4S2. The predicted molar refractivity (Wildman–Crippen MR) is 126 cm³/mol. The number of hydrogen-bond acceptors (Lipinski definition) is 8. The highest BCUT2D eigenvalue weighted by Crippen LogP contribution is 2.40. The van der Waals surface area contributed by atoms with E-state index in [1.165, 1.54) is 18.4 Å². The lowest BCUT2D eigenvalue weighted by molar-refractivity contribution is -0.113. The van der Waals surface area contributed by atoms with Crippen molar-refractivity contribution in [2.24, 2.45) is 5.92 Å². The third-order valence-corrected chi connectivity index (χ3v) is 7.11. The molecule has 0 saturated carbocycles. The van der Waals surface area contributed by atoms with E-state index in [1.807, 2.05) is 36.4 Å². The largest absolute Gasteiger partial charge is 0.465 e. The molecule has 0 radical (unpaired) electrons. The second kappa shape index (κ2) is 10.1. The van der Waals surface area contributed by atoms with Gasteiger partial charge in [0, 0.05) is 11.0 Å². The van der Waals surface area contributed by atoms with Gasteiger partial charge in [0.15, 0.2) is 0 Å². The first-order valence-corrected chi connectivity index (χ1v) is 12.1. The van der Waals surface area contributed by atoms with Gasteiger partial charge in [-0.15, -0.1) is 21.5 Å². The van der Waals surface area contributed by atoms with Crippen molar-refractivity contribution in [3.63, 3.8) is 0 Å². The van der Waals surface area contributed by atoms with Crippen molar-refractivity contribution >= 4 is 52.1 Å². The molecule has 0 aliphatic heterocycles. The van der Waals surface area contributed by atoms with Crippen molar-refractivity contribution < 1.29 is 18.7 Å². The molecule has 3 aromatic rings. The zero-order valence-corrected chi connectivity index (χ0v) is 19.4. The Labute approximate surface area is 194 Å². The number of fused-ring (bicyclic) bond motifs is 1. The monoisotopic (exact) mass is 469 g/mol. The highest BCUT2D eigenvalue weighted by atomic mass is 32.2. The summed E-state index contributed by atoms with van der Waals surface area (Å²) < 4.78 is 10.5. The Hall–Kier alpha value is -2.91. The van der Waals surface area contributed by atoms with Crippen molar-refractivity contribution in [1.82, 2.24) is 10.2 Å². The average Bonchev–Trinajstić information content (AvgIpc) is 3.40. The zero-order valence-electron chi connectivity index (χ0n) is 17.8. The molecule has 166 valence electrons. The SMILES string of the molecule is COC(=O)c1c(NC(=O)CSc2nnc(C=Cc3ccccc3)o2)sc2c1CCC(C)C2. The van der Waals surface area contributed by atoms with Crippen molar-refractivity contribution in [3.05, 3.63) is 57.8 Å². The summed E-state index contributed by atoms with van der Waals surface area (Å²) in [6, 6.07) is 9.79. The minimum absolute atomic E-state index is 0.0869. The second-order valence-corrected chi connectivity index (χ2v) is 9.57. The number of rotatable bonds is 7. The van der Waals surface area contributed by atoms with E-state index in [1.54, 1.807) is 6.08 Å². The van der Waals surface area contributed by atoms with Gasteiger partial charge >= 0.3 is 5.97 Å². The molecule has 1 atom stereocenters. The first-order chi connectivity index (χ1) is 15.5. The van der Waals surface area contributed by atoms with Crippen LogP contribution in [0.25, 0.3) is 12.2 Å². The third kappa shape index (κ3) is 5.28. The molecule has 1 aliphatic carbocycles. The number of hydrogen-bond donors (Lipinski definition) is 1. The van der Waals surface area contributed by atoms with Crippen LogP contribution in [0.15, 0.2) is 40.0 Å². The van der Waals surface area contributed by atoms with Crippen LogP contribution in [0.3, 0.4) is 0 Å². The summed E-state index contributed by atoms with van der Waals surface area (Å²) in [6.45, 7) is 2.20. The topological polar surface area (TPSA) is 94.3 Å². The number of amides is 1. The molecule has 0 spiro atoms. The number of nitrogens with one attached hydrogen (secondary N) is 1. The van der Waals surface area contributed by atoms with Crippen LogP contribution in [0.2, 0.25) is 0 Å². The van der Waals surface area contributed by atoms with Crippen LogP contribution < -0.4 is 5.32 Å². The molecule has 1 amide bonds. The van der Waals surface area contributed by atoms with Gasteiger partial charge in [-0.25, -0.2) is 4.79 Å². The summed E-state index contributed by atoms with van der Waals surface area (Å²) in [5, 5.41) is 11.7. The maximum Gasteiger partial charge on any atom is 0.341 e. The first-order valence-electron chi connectivity index (χ1n) is 10.3. The maximum atomic E-state index is 12.6. The lowest BCUT2D eigenvalue weighted by Crippen LogP contribution is -2.17. The summed E-state index contributed by atoms with van der Waals surface area (Å²) in [6.07, 6.45) is 6.36. The van der Waals surface area contributed by atoms with Gasteiger partial charge in [-0.1, -0.05) is 49.0 Å². The summed E-state index contributed by atoms with van der Waals surface area (Å²) in [5.74, 6) is 0.361. The van der Waals surface area contributed by atoms with Crippen LogP contribution in [0.5, 0.6) is 0 Å². The van der Waals surface area contributed by atoms with Gasteiger partial charge in [0.25, 0.3) is 5.22 Å². The van der Waals surface area contributed by atoms with Gasteiger partial charge in [0.1, 0.15) is 5.00 Å². The molecule has 1 aromatic carbocycles. The minimum atomic E-state index is -0.410. The van der Waals surface area contributed by atoms with Crippen molar-refractivity contribution in [2.45, 2.75) is 31.4 Å². The van der Waals surface area contributed by atoms with Gasteiger partial charge in [-0.05, 0) is 42.4 Å². The number of thioether (sulfide) groups is 1. The highest BCUT2D eigenvalue weighted by molar-refractivity contribution is 7.99. The van der Waals surface area contributed by atoms with E-state index < -0.39 is 5.97 Å². The maximum absolute atomic E-state index is 12.6. The van der Waals surface area contributed by atoms with Crippen molar-refractivity contribution in [2.75, 3.05) is 18.2 Å². The average molecular weight is 470 g/mol. The van der Waals surface area contributed by atoms with Crippen molar-refractivity contribution in [1.29, 1.82) is 0 Å². The number of carbonyl (C=O) groups excluding carboxylic acids is 2. The number of methoxy groups -OCH3 is 1. The quantitative estimate of drug-likeness (QED) is 0.387. The second-order valence-electron chi connectivity index (χ2n) is 7.53. The summed E-state index contributed by atoms with van der Waals surface area (Å²) >= 11 is 2.61. The molecule has 7 nitrogen and oxygen atoms in total. The molecule has 2 aromatic heterocycles. The molecular weight excluding hydrogens is 446 g/mol. The molecule has 1 unspecified atom stereocenters. The Kier molecular flexibility index (Phi) is 7.06. The molecule has 32 heavy (non-hydrogen) atoms. The lowest BCUT2D eigenvalue weighted by atomic mass is 9.88. The van der Waals surface area contributed by atoms with Gasteiger partial charge < -0.3 is 14.5 Å². The Morgan fingerprint density at radius 2 is 2.09 bits per heavy atom. The molecule has 1 N–H and O–H groups in total. The smallest absolute Gasteiger partial charge is 0.341 e. The van der Waals surface area contributed by atoms with E-state index in [0.717, 1.165) is 47.0 Å². The number of benzene rings is 1. The van der Waals surface area contributed by atoms with E-state index in [0.29, 0.717) is 27.6 Å². The van der Waals surface area contributed by atoms with Gasteiger partial charge in [0.2, 0.25) is 11.8 Å². The zero-order chi connectivity index (χ0) is 22.5.